The van der Waals surface area contributed by atoms with E-state index in [0.29, 0.717) is 11.8 Å². The summed E-state index contributed by atoms with van der Waals surface area (Å²) < 4.78 is 0. The van der Waals surface area contributed by atoms with Crippen LogP contribution in [0.1, 0.15) is 26.7 Å². The summed E-state index contributed by atoms with van der Waals surface area (Å²) in [6.45, 7) is 3.49. The summed E-state index contributed by atoms with van der Waals surface area (Å²) in [5.41, 5.74) is -0.495. The molecule has 0 bridgehead atoms. The van der Waals surface area contributed by atoms with Crippen LogP contribution in [0, 0.1) is 10.8 Å². The third kappa shape index (κ3) is 2.03. The van der Waals surface area contributed by atoms with Crippen molar-refractivity contribution in [1.29, 1.82) is 0 Å². The van der Waals surface area contributed by atoms with Crippen molar-refractivity contribution < 1.29 is 19.8 Å². The Bertz CT molecular complexity index is 556. The lowest BCUT2D eigenvalue weighted by Gasteiger charge is -2.36. The fraction of sp³-hybridized carbons (Fsp3) is 0.600. The minimum atomic E-state index is -1.04. The van der Waals surface area contributed by atoms with Gasteiger partial charge in [0, 0.05) is 18.1 Å². The number of likely N-dealkylation sites (N-methyl/N-ethyl adjacent to an activating group) is 1. The number of aliphatic carboxylic acids is 2. The lowest BCUT2D eigenvalue weighted by Crippen LogP contribution is -2.47. The number of allylic oxidation sites excluding steroid dienone is 1. The molecule has 6 heteroatoms. The maximum Gasteiger partial charge on any atom is 0.316 e. The van der Waals surface area contributed by atoms with Crippen molar-refractivity contribution in [3.05, 3.63) is 23.4 Å². The van der Waals surface area contributed by atoms with Gasteiger partial charge in [-0.25, -0.2) is 0 Å². The van der Waals surface area contributed by atoms with E-state index < -0.39 is 22.8 Å². The number of carboxylic acid groups (broad SMARTS) is 2. The van der Waals surface area contributed by atoms with Crippen molar-refractivity contribution in [3.8, 4) is 0 Å². The van der Waals surface area contributed by atoms with E-state index in [1.165, 1.54) is 0 Å². The Labute approximate surface area is 132 Å². The Morgan fingerprint density at radius 1 is 1.43 bits per heavy atom. The van der Waals surface area contributed by atoms with Crippen LogP contribution in [0.3, 0.4) is 0 Å². The molecule has 0 saturated heterocycles. The van der Waals surface area contributed by atoms with Gasteiger partial charge in [-0.05, 0) is 31.4 Å². The van der Waals surface area contributed by atoms with Crippen molar-refractivity contribution in [2.24, 2.45) is 10.8 Å². The van der Waals surface area contributed by atoms with Crippen molar-refractivity contribution in [1.82, 2.24) is 4.90 Å². The van der Waals surface area contributed by atoms with Crippen LogP contribution in [-0.2, 0) is 9.59 Å². The van der Waals surface area contributed by atoms with Crippen LogP contribution in [0.4, 0.5) is 0 Å². The van der Waals surface area contributed by atoms with Gasteiger partial charge in [0.2, 0.25) is 0 Å². The number of carbonyl (C=O) groups is 2. The molecule has 0 amide bonds. The molecule has 1 heterocycles. The number of nitrogens with zero attached hydrogens (tertiary/aromatic N) is 1. The molecular weight excluding hydrogens is 338 g/mol. The quantitative estimate of drug-likeness (QED) is 0.755. The van der Waals surface area contributed by atoms with Gasteiger partial charge in [-0.1, -0.05) is 28.9 Å². The molecule has 2 aliphatic rings. The zero-order chi connectivity index (χ0) is 16.0. The molecule has 0 fully saturated rings. The Morgan fingerprint density at radius 2 is 2.05 bits per heavy atom. The highest BCUT2D eigenvalue weighted by molar-refractivity contribution is 9.09. The van der Waals surface area contributed by atoms with E-state index in [-0.39, 0.29) is 12.5 Å². The summed E-state index contributed by atoms with van der Waals surface area (Å²) in [5, 5.41) is 19.8. The largest absolute Gasteiger partial charge is 0.481 e. The highest BCUT2D eigenvalue weighted by atomic mass is 79.9. The number of rotatable bonds is 4. The van der Waals surface area contributed by atoms with Crippen LogP contribution < -0.4 is 0 Å². The van der Waals surface area contributed by atoms with E-state index >= 15 is 0 Å². The van der Waals surface area contributed by atoms with E-state index in [1.54, 1.807) is 19.1 Å². The summed E-state index contributed by atoms with van der Waals surface area (Å²) in [6.07, 6.45) is 4.11. The molecule has 116 valence electrons. The molecule has 0 saturated carbocycles. The number of hydrogen-bond acceptors (Lipinski definition) is 3. The van der Waals surface area contributed by atoms with Crippen molar-refractivity contribution in [2.45, 2.75) is 32.7 Å². The molecular formula is C15H20BrNO4. The minimum Gasteiger partial charge on any atom is -0.481 e. The summed E-state index contributed by atoms with van der Waals surface area (Å²) in [4.78, 5) is 25.5. The van der Waals surface area contributed by atoms with Gasteiger partial charge in [-0.2, -0.15) is 0 Å². The Hall–Kier alpha value is -1.30. The first-order chi connectivity index (χ1) is 9.74. The second-order valence-electron chi connectivity index (χ2n) is 6.01. The lowest BCUT2D eigenvalue weighted by molar-refractivity contribution is -0.150. The molecule has 3 atom stereocenters. The molecule has 5 nitrogen and oxygen atoms in total. The smallest absolute Gasteiger partial charge is 0.316 e. The number of halogens is 1. The van der Waals surface area contributed by atoms with Gasteiger partial charge in [0.25, 0.3) is 0 Å². The fourth-order valence-corrected chi connectivity index (χ4v) is 4.54. The van der Waals surface area contributed by atoms with Crippen LogP contribution in [0.15, 0.2) is 23.4 Å². The lowest BCUT2D eigenvalue weighted by atomic mass is 9.67. The van der Waals surface area contributed by atoms with E-state index in [2.05, 4.69) is 15.9 Å². The first-order valence-electron chi connectivity index (χ1n) is 6.93. The van der Waals surface area contributed by atoms with Gasteiger partial charge >= 0.3 is 11.9 Å². The molecule has 1 aliphatic heterocycles. The van der Waals surface area contributed by atoms with Gasteiger partial charge in [0.1, 0.15) is 5.41 Å². The van der Waals surface area contributed by atoms with E-state index in [4.69, 9.17) is 0 Å². The normalized spacial score (nSPS) is 35.0. The maximum atomic E-state index is 12.1. The van der Waals surface area contributed by atoms with Crippen molar-refractivity contribution in [3.63, 3.8) is 0 Å². The van der Waals surface area contributed by atoms with Crippen LogP contribution in [-0.4, -0.2) is 45.5 Å². The maximum absolute atomic E-state index is 12.1. The van der Waals surface area contributed by atoms with Gasteiger partial charge in [-0.3, -0.25) is 9.59 Å². The summed E-state index contributed by atoms with van der Waals surface area (Å²) in [6, 6.07) is -0.217. The molecule has 0 aromatic carbocycles. The molecule has 2 rings (SSSR count). The molecule has 0 spiro atoms. The average molecular weight is 358 g/mol. The molecule has 0 radical (unpaired) electrons. The highest BCUT2D eigenvalue weighted by Gasteiger charge is 2.57. The molecule has 0 aromatic rings. The van der Waals surface area contributed by atoms with Gasteiger partial charge < -0.3 is 15.1 Å². The Kier molecular flexibility index (Phi) is 3.95. The Morgan fingerprint density at radius 3 is 2.48 bits per heavy atom. The second kappa shape index (κ2) is 5.16. The first kappa shape index (κ1) is 16.1. The number of carboxylic acids is 2. The molecule has 3 unspecified atom stereocenters. The standard InChI is InChI=1S/C15H20BrNO4/c1-4-15(13(20)21)9-7-14(2,12(18)19)6-5-10(9)17(3)11(15)8-16/h5-6,11H,4,7-8H2,1-3H3,(H,18,19)(H,20,21). The van der Waals surface area contributed by atoms with Crippen molar-refractivity contribution in [2.75, 3.05) is 12.4 Å². The predicted octanol–water partition coefficient (Wildman–Crippen LogP) is 2.48. The van der Waals surface area contributed by atoms with Crippen LogP contribution in [0.5, 0.6) is 0 Å². The summed E-state index contributed by atoms with van der Waals surface area (Å²) in [7, 11) is 1.87. The topological polar surface area (TPSA) is 77.8 Å². The van der Waals surface area contributed by atoms with Gasteiger partial charge in [0.05, 0.1) is 11.5 Å². The van der Waals surface area contributed by atoms with Crippen molar-refractivity contribution >= 4 is 27.9 Å². The zero-order valence-electron chi connectivity index (χ0n) is 12.4. The number of alkyl halides is 1. The van der Waals surface area contributed by atoms with Crippen LogP contribution in [0.25, 0.3) is 0 Å². The SMILES string of the molecule is CCC1(C(=O)O)C2=C(C=CC(C)(C(=O)O)C2)N(C)C1CBr. The zero-order valence-corrected chi connectivity index (χ0v) is 14.0. The van der Waals surface area contributed by atoms with E-state index in [0.717, 1.165) is 11.3 Å². The summed E-state index contributed by atoms with van der Waals surface area (Å²) >= 11 is 3.42. The predicted molar refractivity (Wildman–Crippen MR) is 82.2 cm³/mol. The third-order valence-corrected chi connectivity index (χ3v) is 5.60. The van der Waals surface area contributed by atoms with Gasteiger partial charge in [0.15, 0.2) is 0 Å². The molecule has 21 heavy (non-hydrogen) atoms. The Balaban J connectivity index is 2.60. The van der Waals surface area contributed by atoms with Crippen LogP contribution >= 0.6 is 15.9 Å². The molecule has 2 N–H and O–H groups in total. The highest BCUT2D eigenvalue weighted by Crippen LogP contribution is 2.53. The van der Waals surface area contributed by atoms with E-state index in [9.17, 15) is 19.8 Å². The van der Waals surface area contributed by atoms with Gasteiger partial charge in [-0.15, -0.1) is 0 Å². The first-order valence-corrected chi connectivity index (χ1v) is 8.05. The molecule has 0 aromatic heterocycles. The molecule has 1 aliphatic carbocycles. The fourth-order valence-electron chi connectivity index (χ4n) is 3.55. The van der Waals surface area contributed by atoms with Crippen LogP contribution in [0.2, 0.25) is 0 Å². The second-order valence-corrected chi connectivity index (χ2v) is 6.66. The monoisotopic (exact) mass is 357 g/mol. The summed E-state index contributed by atoms with van der Waals surface area (Å²) in [5.74, 6) is -1.81. The average Bonchev–Trinajstić information content (AvgIpc) is 2.67. The number of hydrogen-bond donors (Lipinski definition) is 2. The van der Waals surface area contributed by atoms with E-state index in [1.807, 2.05) is 18.9 Å². The third-order valence-electron chi connectivity index (χ3n) is 4.99. The minimum absolute atomic E-state index is 0.217.